The van der Waals surface area contributed by atoms with Gasteiger partial charge in [0.1, 0.15) is 10.6 Å². The Morgan fingerprint density at radius 2 is 2.05 bits per heavy atom. The summed E-state index contributed by atoms with van der Waals surface area (Å²) in [5.41, 5.74) is 0.445. The number of halogens is 1. The number of hydrogen-bond donors (Lipinski definition) is 0. The Hall–Kier alpha value is -1.01. The number of amides is 1. The second kappa shape index (κ2) is 4.77. The van der Waals surface area contributed by atoms with Crippen molar-refractivity contribution < 1.29 is 13.2 Å². The summed E-state index contributed by atoms with van der Waals surface area (Å²) in [6.07, 6.45) is 5.52. The molecule has 0 saturated heterocycles. The minimum Gasteiger partial charge on any atom is -0.339 e. The molecule has 2 fully saturated rings. The number of aromatic nitrogens is 1. The van der Waals surface area contributed by atoms with E-state index in [0.29, 0.717) is 18.3 Å². The summed E-state index contributed by atoms with van der Waals surface area (Å²) in [7, 11) is 1.60. The highest BCUT2D eigenvalue weighted by Gasteiger charge is 2.36. The third-order valence-corrected chi connectivity index (χ3v) is 5.17. The maximum atomic E-state index is 12.6. The Morgan fingerprint density at radius 1 is 1.40 bits per heavy atom. The van der Waals surface area contributed by atoms with E-state index in [1.807, 2.05) is 11.8 Å². The monoisotopic (exact) mass is 316 g/mol. The molecule has 2 aliphatic rings. The second-order valence-electron chi connectivity index (χ2n) is 5.46. The summed E-state index contributed by atoms with van der Waals surface area (Å²) in [6.45, 7) is 2.59. The molecular formula is C13H17ClN2O3S. The third kappa shape index (κ3) is 2.59. The Bertz CT molecular complexity index is 645. The second-order valence-corrected chi connectivity index (χ2v) is 8.03. The van der Waals surface area contributed by atoms with Crippen molar-refractivity contribution >= 4 is 25.6 Å². The van der Waals surface area contributed by atoms with Crippen molar-refractivity contribution in [3.05, 3.63) is 18.0 Å². The predicted molar refractivity (Wildman–Crippen MR) is 75.5 cm³/mol. The number of hydrogen-bond acceptors (Lipinski definition) is 3. The van der Waals surface area contributed by atoms with Crippen molar-refractivity contribution in [1.29, 1.82) is 0 Å². The largest absolute Gasteiger partial charge is 0.339 e. The molecule has 2 saturated carbocycles. The van der Waals surface area contributed by atoms with Gasteiger partial charge in [0.15, 0.2) is 0 Å². The fourth-order valence-electron chi connectivity index (χ4n) is 2.51. The highest BCUT2D eigenvalue weighted by atomic mass is 35.7. The Balaban J connectivity index is 1.98. The van der Waals surface area contributed by atoms with E-state index in [9.17, 15) is 13.2 Å². The summed E-state index contributed by atoms with van der Waals surface area (Å²) in [5, 5.41) is 0. The average Bonchev–Trinajstić information content (AvgIpc) is 3.28. The van der Waals surface area contributed by atoms with Crippen LogP contribution in [0.15, 0.2) is 17.2 Å². The fourth-order valence-corrected chi connectivity index (χ4v) is 3.26. The van der Waals surface area contributed by atoms with E-state index >= 15 is 0 Å². The third-order valence-electron chi connectivity index (χ3n) is 3.85. The quantitative estimate of drug-likeness (QED) is 0.784. The standard InChI is InChI=1S/C13H17ClN2O3S/c1-2-15(9-3-4-9)13(17)12-7-11(20(14,18)19)8-16(12)10-5-6-10/h7-10H,2-6H2,1H3. The van der Waals surface area contributed by atoms with Gasteiger partial charge in [-0.25, -0.2) is 8.42 Å². The minimum absolute atomic E-state index is 0.0151. The van der Waals surface area contributed by atoms with Gasteiger partial charge >= 0.3 is 0 Å². The van der Waals surface area contributed by atoms with Crippen LogP contribution in [0.25, 0.3) is 0 Å². The van der Waals surface area contributed by atoms with Crippen molar-refractivity contribution in [3.63, 3.8) is 0 Å². The van der Waals surface area contributed by atoms with Crippen LogP contribution in [0.2, 0.25) is 0 Å². The lowest BCUT2D eigenvalue weighted by atomic mass is 10.3. The topological polar surface area (TPSA) is 59.4 Å². The smallest absolute Gasteiger partial charge is 0.270 e. The molecule has 1 heterocycles. The van der Waals surface area contributed by atoms with Gasteiger partial charge in [-0.2, -0.15) is 0 Å². The highest BCUT2D eigenvalue weighted by Crippen LogP contribution is 2.38. The van der Waals surface area contributed by atoms with E-state index in [1.165, 1.54) is 12.3 Å². The van der Waals surface area contributed by atoms with Crippen molar-refractivity contribution in [1.82, 2.24) is 9.47 Å². The summed E-state index contributed by atoms with van der Waals surface area (Å²) >= 11 is 0. The molecule has 0 aromatic carbocycles. The fraction of sp³-hybridized carbons (Fsp3) is 0.615. The van der Waals surface area contributed by atoms with Gasteiger partial charge in [-0.15, -0.1) is 0 Å². The van der Waals surface area contributed by atoms with E-state index in [0.717, 1.165) is 25.7 Å². The minimum atomic E-state index is -3.80. The van der Waals surface area contributed by atoms with Gasteiger partial charge in [-0.05, 0) is 38.7 Å². The van der Waals surface area contributed by atoms with Crippen molar-refractivity contribution in [2.45, 2.75) is 49.6 Å². The van der Waals surface area contributed by atoms with Crippen LogP contribution in [0.5, 0.6) is 0 Å². The van der Waals surface area contributed by atoms with Crippen LogP contribution in [0.4, 0.5) is 0 Å². The van der Waals surface area contributed by atoms with Crippen LogP contribution >= 0.6 is 10.7 Å². The van der Waals surface area contributed by atoms with Crippen LogP contribution < -0.4 is 0 Å². The summed E-state index contributed by atoms with van der Waals surface area (Å²) < 4.78 is 24.7. The molecule has 0 N–H and O–H groups in total. The first kappa shape index (κ1) is 13.9. The Kier molecular flexibility index (Phi) is 3.33. The van der Waals surface area contributed by atoms with E-state index in [-0.39, 0.29) is 16.8 Å². The van der Waals surface area contributed by atoms with Crippen molar-refractivity contribution in [3.8, 4) is 0 Å². The molecule has 0 bridgehead atoms. The van der Waals surface area contributed by atoms with Gasteiger partial charge in [-0.3, -0.25) is 4.79 Å². The van der Waals surface area contributed by atoms with Gasteiger partial charge in [0, 0.05) is 35.5 Å². The molecule has 1 aromatic heterocycles. The number of nitrogens with zero attached hydrogens (tertiary/aromatic N) is 2. The summed E-state index contributed by atoms with van der Waals surface area (Å²) in [5.74, 6) is -0.0894. The van der Waals surface area contributed by atoms with Crippen LogP contribution in [-0.2, 0) is 9.05 Å². The molecule has 0 aliphatic heterocycles. The molecule has 7 heteroatoms. The number of rotatable bonds is 5. The molecule has 1 amide bonds. The van der Waals surface area contributed by atoms with Crippen LogP contribution in [0.3, 0.4) is 0 Å². The van der Waals surface area contributed by atoms with Gasteiger partial charge in [0.2, 0.25) is 0 Å². The molecule has 0 spiro atoms. The van der Waals surface area contributed by atoms with Crippen molar-refractivity contribution in [2.75, 3.05) is 6.54 Å². The maximum Gasteiger partial charge on any atom is 0.270 e. The summed E-state index contributed by atoms with van der Waals surface area (Å²) in [6, 6.07) is 1.96. The zero-order chi connectivity index (χ0) is 14.5. The first-order valence-corrected chi connectivity index (χ1v) is 9.20. The van der Waals surface area contributed by atoms with Crippen LogP contribution in [0.1, 0.15) is 49.1 Å². The Morgan fingerprint density at radius 3 is 2.50 bits per heavy atom. The molecule has 0 unspecified atom stereocenters. The van der Waals surface area contributed by atoms with E-state index < -0.39 is 9.05 Å². The van der Waals surface area contributed by atoms with Crippen molar-refractivity contribution in [2.24, 2.45) is 0 Å². The molecule has 1 aromatic rings. The normalized spacial score (nSPS) is 19.1. The lowest BCUT2D eigenvalue weighted by molar-refractivity contribution is 0.0741. The van der Waals surface area contributed by atoms with Gasteiger partial charge < -0.3 is 9.47 Å². The number of carbonyl (C=O) groups is 1. The molecule has 2 aliphatic carbocycles. The molecule has 20 heavy (non-hydrogen) atoms. The van der Waals surface area contributed by atoms with E-state index in [1.54, 1.807) is 4.57 Å². The lowest BCUT2D eigenvalue weighted by Gasteiger charge is -2.21. The molecule has 5 nitrogen and oxygen atoms in total. The van der Waals surface area contributed by atoms with E-state index in [4.69, 9.17) is 10.7 Å². The lowest BCUT2D eigenvalue weighted by Crippen LogP contribution is -2.34. The molecule has 0 atom stereocenters. The zero-order valence-electron chi connectivity index (χ0n) is 11.3. The molecule has 110 valence electrons. The number of carbonyl (C=O) groups excluding carboxylic acids is 1. The molecular weight excluding hydrogens is 300 g/mol. The molecule has 0 radical (unpaired) electrons. The maximum absolute atomic E-state index is 12.6. The van der Waals surface area contributed by atoms with Crippen LogP contribution in [-0.4, -0.2) is 36.4 Å². The van der Waals surface area contributed by atoms with Crippen LogP contribution in [0, 0.1) is 0 Å². The average molecular weight is 317 g/mol. The first-order valence-electron chi connectivity index (χ1n) is 6.89. The summed E-state index contributed by atoms with van der Waals surface area (Å²) in [4.78, 5) is 14.5. The Labute approximate surface area is 122 Å². The van der Waals surface area contributed by atoms with E-state index in [2.05, 4.69) is 0 Å². The highest BCUT2D eigenvalue weighted by molar-refractivity contribution is 8.13. The predicted octanol–water partition coefficient (Wildman–Crippen LogP) is 2.38. The van der Waals surface area contributed by atoms with Gasteiger partial charge in [0.05, 0.1) is 0 Å². The SMILES string of the molecule is CCN(C(=O)c1cc(S(=O)(=O)Cl)cn1C1CC1)C1CC1. The van der Waals surface area contributed by atoms with Gasteiger partial charge in [0.25, 0.3) is 15.0 Å². The zero-order valence-corrected chi connectivity index (χ0v) is 12.8. The van der Waals surface area contributed by atoms with Gasteiger partial charge in [-0.1, -0.05) is 0 Å². The molecule has 3 rings (SSSR count). The first-order chi connectivity index (χ1) is 9.41.